The van der Waals surface area contributed by atoms with Gasteiger partial charge in [-0.3, -0.25) is 9.59 Å². The van der Waals surface area contributed by atoms with Crippen LogP contribution in [0.5, 0.6) is 5.75 Å². The Bertz CT molecular complexity index is 1120. The van der Waals surface area contributed by atoms with Crippen molar-refractivity contribution in [2.24, 2.45) is 0 Å². The minimum absolute atomic E-state index is 0.0728. The SMILES string of the molecule is CN(C)C(=O)c1cc2c([nH]c1=O)C[C@]13CCN(C)[C@H](Cc4ccc(O)cc41)[C@]3(O)C2. The number of hydrogen-bond donors (Lipinski definition) is 3. The number of fused-ring (bicyclic) bond motifs is 2. The van der Waals surface area contributed by atoms with E-state index in [1.54, 1.807) is 32.3 Å². The minimum atomic E-state index is -1.05. The monoisotopic (exact) mass is 409 g/mol. The first kappa shape index (κ1) is 19.3. The van der Waals surface area contributed by atoms with Crippen molar-refractivity contribution in [3.8, 4) is 5.75 Å². The molecule has 1 amide bonds. The number of carbonyl (C=O) groups is 1. The number of amides is 1. The first-order valence-corrected chi connectivity index (χ1v) is 10.4. The maximum Gasteiger partial charge on any atom is 0.261 e. The molecular formula is C23H27N3O4. The first-order chi connectivity index (χ1) is 14.2. The summed E-state index contributed by atoms with van der Waals surface area (Å²) >= 11 is 0. The van der Waals surface area contributed by atoms with Gasteiger partial charge in [0.05, 0.1) is 5.60 Å². The molecular weight excluding hydrogens is 382 g/mol. The van der Waals surface area contributed by atoms with Gasteiger partial charge in [0.25, 0.3) is 11.5 Å². The van der Waals surface area contributed by atoms with Crippen molar-refractivity contribution in [2.75, 3.05) is 27.7 Å². The molecule has 2 bridgehead atoms. The molecule has 2 aliphatic carbocycles. The zero-order chi connectivity index (χ0) is 21.4. The fraction of sp³-hybridized carbons (Fsp3) is 0.478. The van der Waals surface area contributed by atoms with Gasteiger partial charge in [-0.05, 0) is 61.3 Å². The Morgan fingerprint density at radius 2 is 2.00 bits per heavy atom. The Hall–Kier alpha value is -2.64. The van der Waals surface area contributed by atoms with Gasteiger partial charge in [0.15, 0.2) is 0 Å². The van der Waals surface area contributed by atoms with E-state index in [0.717, 1.165) is 35.3 Å². The Morgan fingerprint density at radius 1 is 1.23 bits per heavy atom. The van der Waals surface area contributed by atoms with Crippen molar-refractivity contribution in [2.45, 2.75) is 42.7 Å². The summed E-state index contributed by atoms with van der Waals surface area (Å²) < 4.78 is 0. The van der Waals surface area contributed by atoms with E-state index in [0.29, 0.717) is 19.3 Å². The van der Waals surface area contributed by atoms with Crippen LogP contribution in [0.25, 0.3) is 0 Å². The summed E-state index contributed by atoms with van der Waals surface area (Å²) in [6.45, 7) is 0.832. The van der Waals surface area contributed by atoms with Gasteiger partial charge >= 0.3 is 0 Å². The maximum absolute atomic E-state index is 12.7. The van der Waals surface area contributed by atoms with Crippen molar-refractivity contribution >= 4 is 5.91 Å². The van der Waals surface area contributed by atoms with E-state index >= 15 is 0 Å². The molecule has 2 heterocycles. The van der Waals surface area contributed by atoms with Gasteiger partial charge in [-0.25, -0.2) is 0 Å². The van der Waals surface area contributed by atoms with Crippen LogP contribution in [0.3, 0.4) is 0 Å². The molecule has 30 heavy (non-hydrogen) atoms. The molecule has 7 heteroatoms. The average molecular weight is 409 g/mol. The lowest BCUT2D eigenvalue weighted by molar-refractivity contribution is -0.145. The van der Waals surface area contributed by atoms with Crippen molar-refractivity contribution in [3.05, 3.63) is 62.6 Å². The number of aromatic hydroxyl groups is 1. The first-order valence-electron chi connectivity index (χ1n) is 10.4. The average Bonchev–Trinajstić information content (AvgIpc) is 2.69. The lowest BCUT2D eigenvalue weighted by Crippen LogP contribution is -2.73. The molecule has 1 aliphatic heterocycles. The van der Waals surface area contributed by atoms with Gasteiger partial charge in [0.2, 0.25) is 0 Å². The van der Waals surface area contributed by atoms with Crippen LogP contribution in [-0.2, 0) is 24.7 Å². The fourth-order valence-corrected chi connectivity index (χ4v) is 6.05. The van der Waals surface area contributed by atoms with Crippen LogP contribution in [-0.4, -0.2) is 70.2 Å². The van der Waals surface area contributed by atoms with E-state index in [9.17, 15) is 19.8 Å². The number of aromatic nitrogens is 1. The summed E-state index contributed by atoms with van der Waals surface area (Å²) in [5, 5.41) is 22.4. The number of likely N-dealkylation sites (N-methyl/N-ethyl adjacent to an activating group) is 1. The molecule has 3 atom stereocenters. The molecule has 1 aromatic carbocycles. The highest BCUT2D eigenvalue weighted by Gasteiger charge is 2.64. The van der Waals surface area contributed by atoms with Gasteiger partial charge in [-0.15, -0.1) is 0 Å². The second-order valence-corrected chi connectivity index (χ2v) is 9.37. The largest absolute Gasteiger partial charge is 0.508 e. The van der Waals surface area contributed by atoms with Gasteiger partial charge in [0, 0.05) is 44.1 Å². The normalized spacial score (nSPS) is 29.5. The van der Waals surface area contributed by atoms with Crippen LogP contribution >= 0.6 is 0 Å². The standard InChI is InChI=1S/C23H27N3O4/c1-25(2)21(29)16-8-14-11-23(30)19-9-13-4-5-15(27)10-17(13)22(23,6-7-26(19)3)12-18(14)24-20(16)28/h4-5,8,10,19,27,30H,6-7,9,11-12H2,1-3H3,(H,24,28)/t19-,22-,23-/m1/s1. The molecule has 0 unspecified atom stereocenters. The number of benzene rings is 1. The second kappa shape index (κ2) is 6.18. The zero-order valence-electron chi connectivity index (χ0n) is 17.5. The minimum Gasteiger partial charge on any atom is -0.508 e. The highest BCUT2D eigenvalue weighted by atomic mass is 16.3. The van der Waals surface area contributed by atoms with E-state index in [4.69, 9.17) is 0 Å². The third kappa shape index (κ3) is 2.39. The lowest BCUT2D eigenvalue weighted by Gasteiger charge is -2.63. The molecule has 1 aromatic heterocycles. The Balaban J connectivity index is 1.72. The molecule has 158 valence electrons. The van der Waals surface area contributed by atoms with Gasteiger partial charge in [0.1, 0.15) is 11.3 Å². The number of phenols is 1. The molecule has 5 rings (SSSR count). The summed E-state index contributed by atoms with van der Waals surface area (Å²) in [4.78, 5) is 31.7. The molecule has 3 aliphatic rings. The number of aromatic amines is 1. The molecule has 2 aromatic rings. The third-order valence-corrected chi connectivity index (χ3v) is 7.62. The quantitative estimate of drug-likeness (QED) is 0.648. The number of carbonyl (C=O) groups excluding carboxylic acids is 1. The van der Waals surface area contributed by atoms with Crippen LogP contribution in [0, 0.1) is 0 Å². The Morgan fingerprint density at radius 3 is 2.73 bits per heavy atom. The van der Waals surface area contributed by atoms with Crippen LogP contribution in [0.1, 0.15) is 39.2 Å². The predicted molar refractivity (Wildman–Crippen MR) is 112 cm³/mol. The summed E-state index contributed by atoms with van der Waals surface area (Å²) in [7, 11) is 5.28. The van der Waals surface area contributed by atoms with E-state index in [2.05, 4.69) is 9.88 Å². The number of hydrogen-bond acceptors (Lipinski definition) is 5. The van der Waals surface area contributed by atoms with Crippen LogP contribution in [0.4, 0.5) is 0 Å². The van der Waals surface area contributed by atoms with Gasteiger partial charge < -0.3 is 25.0 Å². The molecule has 7 nitrogen and oxygen atoms in total. The number of piperidine rings is 1. The lowest BCUT2D eigenvalue weighted by atomic mass is 9.49. The summed E-state index contributed by atoms with van der Waals surface area (Å²) in [6, 6.07) is 7.03. The second-order valence-electron chi connectivity index (χ2n) is 9.37. The van der Waals surface area contributed by atoms with Crippen LogP contribution in [0.15, 0.2) is 29.1 Å². The highest BCUT2D eigenvalue weighted by Crippen LogP contribution is 2.56. The van der Waals surface area contributed by atoms with Gasteiger partial charge in [-0.2, -0.15) is 0 Å². The number of H-pyrrole nitrogens is 1. The summed E-state index contributed by atoms with van der Waals surface area (Å²) in [5.41, 5.74) is 1.79. The molecule has 3 N–H and O–H groups in total. The van der Waals surface area contributed by atoms with Crippen molar-refractivity contribution in [1.29, 1.82) is 0 Å². The molecule has 1 fully saturated rings. The number of nitrogens with zero attached hydrogens (tertiary/aromatic N) is 2. The van der Waals surface area contributed by atoms with E-state index in [1.165, 1.54) is 4.90 Å². The molecule has 1 saturated heterocycles. The number of nitrogens with one attached hydrogen (secondary N) is 1. The van der Waals surface area contributed by atoms with E-state index in [-0.39, 0.29) is 23.3 Å². The number of rotatable bonds is 1. The molecule has 0 spiro atoms. The van der Waals surface area contributed by atoms with E-state index in [1.807, 2.05) is 13.1 Å². The Kier molecular flexibility index (Phi) is 3.98. The van der Waals surface area contributed by atoms with Crippen molar-refractivity contribution in [1.82, 2.24) is 14.8 Å². The van der Waals surface area contributed by atoms with E-state index < -0.39 is 16.6 Å². The number of phenolic OH excluding ortho intramolecular Hbond substituents is 1. The van der Waals surface area contributed by atoms with Crippen molar-refractivity contribution in [3.63, 3.8) is 0 Å². The molecule has 0 saturated carbocycles. The number of aliphatic hydroxyl groups is 1. The van der Waals surface area contributed by atoms with Crippen LogP contribution < -0.4 is 5.56 Å². The number of likely N-dealkylation sites (tertiary alicyclic amines) is 1. The summed E-state index contributed by atoms with van der Waals surface area (Å²) in [6.07, 6.45) is 2.27. The topological polar surface area (TPSA) is 96.9 Å². The molecule has 0 radical (unpaired) electrons. The maximum atomic E-state index is 12.7. The Labute approximate surface area is 175 Å². The number of pyridine rings is 1. The van der Waals surface area contributed by atoms with Gasteiger partial charge in [-0.1, -0.05) is 6.07 Å². The smallest absolute Gasteiger partial charge is 0.261 e. The van der Waals surface area contributed by atoms with Crippen LogP contribution in [0.2, 0.25) is 0 Å². The zero-order valence-corrected chi connectivity index (χ0v) is 17.5. The highest BCUT2D eigenvalue weighted by molar-refractivity contribution is 5.93. The fourth-order valence-electron chi connectivity index (χ4n) is 6.05. The third-order valence-electron chi connectivity index (χ3n) is 7.62. The summed E-state index contributed by atoms with van der Waals surface area (Å²) in [5.74, 6) is -0.156. The predicted octanol–water partition coefficient (Wildman–Crippen LogP) is 0.810. The van der Waals surface area contributed by atoms with Crippen molar-refractivity contribution < 1.29 is 15.0 Å².